The van der Waals surface area contributed by atoms with Crippen LogP contribution in [0.5, 0.6) is 0 Å². The third-order valence-corrected chi connectivity index (χ3v) is 9.05. The van der Waals surface area contributed by atoms with Crippen LogP contribution in [-0.4, -0.2) is 9.13 Å². The lowest BCUT2D eigenvalue weighted by atomic mass is 10.0. The van der Waals surface area contributed by atoms with Gasteiger partial charge in [0, 0.05) is 38.2 Å². The maximum Gasteiger partial charge on any atom is 0.145 e. The van der Waals surface area contributed by atoms with Crippen molar-refractivity contribution >= 4 is 65.6 Å². The largest absolute Gasteiger partial charge is 0.455 e. The Morgan fingerprint density at radius 1 is 0.489 bits per heavy atom. The van der Waals surface area contributed by atoms with E-state index in [1.54, 1.807) is 0 Å². The van der Waals surface area contributed by atoms with Gasteiger partial charge in [-0.05, 0) is 60.1 Å². The van der Waals surface area contributed by atoms with Gasteiger partial charge >= 0.3 is 0 Å². The fourth-order valence-electron chi connectivity index (χ4n) is 7.14. The van der Waals surface area contributed by atoms with Crippen LogP contribution in [0.2, 0.25) is 0 Å². The summed E-state index contributed by atoms with van der Waals surface area (Å²) in [6.45, 7) is 0. The first-order valence-electron chi connectivity index (χ1n) is 17.0. The van der Waals surface area contributed by atoms with E-state index in [-0.39, 0.29) is 24.2 Å². The van der Waals surface area contributed by atoms with E-state index >= 15 is 0 Å². The minimum Gasteiger partial charge on any atom is -0.455 e. The molecule has 10 aromatic rings. The zero-order chi connectivity index (χ0) is 33.0. The smallest absolute Gasteiger partial charge is 0.145 e. The molecule has 0 saturated carbocycles. The minimum absolute atomic E-state index is 0.0288. The Balaban J connectivity index is 1.30. The molecule has 0 saturated heterocycles. The van der Waals surface area contributed by atoms with E-state index in [1.165, 1.54) is 0 Å². The van der Waals surface area contributed by atoms with Gasteiger partial charge in [-0.15, -0.1) is 0 Å². The lowest BCUT2D eigenvalue weighted by Crippen LogP contribution is -1.97. The van der Waals surface area contributed by atoms with E-state index in [2.05, 4.69) is 77.4 Å². The molecule has 0 aliphatic heterocycles. The van der Waals surface area contributed by atoms with Crippen LogP contribution < -0.4 is 0 Å². The summed E-state index contributed by atoms with van der Waals surface area (Å²) in [6.07, 6.45) is 0. The maximum absolute atomic E-state index is 8.94. The number of aromatic nitrogens is 2. The van der Waals surface area contributed by atoms with Crippen LogP contribution in [0.4, 0.5) is 0 Å². The zero-order valence-electron chi connectivity index (χ0n) is 28.0. The number of furan rings is 1. The summed E-state index contributed by atoms with van der Waals surface area (Å²) in [5, 5.41) is 5.52. The Morgan fingerprint density at radius 3 is 2.00 bits per heavy atom. The Kier molecular flexibility index (Phi) is 4.26. The van der Waals surface area contributed by atoms with Crippen molar-refractivity contribution in [3.8, 4) is 22.5 Å². The molecule has 7 aromatic carbocycles. The van der Waals surface area contributed by atoms with Gasteiger partial charge in [-0.25, -0.2) is 0 Å². The van der Waals surface area contributed by atoms with Crippen molar-refractivity contribution in [3.63, 3.8) is 0 Å². The first kappa shape index (κ1) is 20.8. The van der Waals surface area contributed by atoms with E-state index in [0.717, 1.165) is 77.1 Å². The van der Waals surface area contributed by atoms with Crippen molar-refractivity contribution in [1.82, 2.24) is 9.13 Å². The molecule has 0 atom stereocenters. The van der Waals surface area contributed by atoms with Crippen LogP contribution in [-0.2, 0) is 0 Å². The molecule has 0 radical (unpaired) electrons. The fourth-order valence-corrected chi connectivity index (χ4v) is 7.14. The van der Waals surface area contributed by atoms with E-state index < -0.39 is 0 Å². The highest BCUT2D eigenvalue weighted by Crippen LogP contribution is 2.43. The summed E-state index contributed by atoms with van der Waals surface area (Å²) in [4.78, 5) is 0. The normalized spacial score (nSPS) is 13.2. The van der Waals surface area contributed by atoms with Gasteiger partial charge in [0.1, 0.15) is 11.2 Å². The molecule has 3 heterocycles. The summed E-state index contributed by atoms with van der Waals surface area (Å²) in [5.41, 5.74) is 9.02. The molecule has 0 unspecified atom stereocenters. The Labute approximate surface area is 264 Å². The summed E-state index contributed by atoms with van der Waals surface area (Å²) < 4.78 is 45.5. The third-order valence-electron chi connectivity index (χ3n) is 9.05. The lowest BCUT2D eigenvalue weighted by Gasteiger charge is -2.13. The molecule has 0 N–H and O–H groups in total. The topological polar surface area (TPSA) is 23.0 Å². The molecule has 3 nitrogen and oxygen atoms in total. The average Bonchev–Trinajstić information content (AvgIpc) is 3.81. The highest BCUT2D eigenvalue weighted by molar-refractivity contribution is 6.17. The molecule has 0 aliphatic rings. The number of para-hydroxylation sites is 4. The molecule has 0 bridgehead atoms. The number of nitrogens with zero attached hydrogens (tertiary/aromatic N) is 2. The quantitative estimate of drug-likeness (QED) is 0.204. The van der Waals surface area contributed by atoms with E-state index in [9.17, 15) is 0 Å². The highest BCUT2D eigenvalue weighted by atomic mass is 16.3. The molecule has 0 aliphatic carbocycles. The summed E-state index contributed by atoms with van der Waals surface area (Å²) in [5.74, 6) is 0. The van der Waals surface area contributed by atoms with Crippen LogP contribution in [0.3, 0.4) is 0 Å². The second kappa shape index (κ2) is 9.22. The van der Waals surface area contributed by atoms with Gasteiger partial charge in [0.05, 0.1) is 38.6 Å². The van der Waals surface area contributed by atoms with Gasteiger partial charge in [0.2, 0.25) is 0 Å². The number of hydrogen-bond donors (Lipinski definition) is 0. The summed E-state index contributed by atoms with van der Waals surface area (Å²) >= 11 is 0. The average molecular weight is 579 g/mol. The highest BCUT2D eigenvalue weighted by Gasteiger charge is 2.21. The molecule has 45 heavy (non-hydrogen) atoms. The molecule has 10 rings (SSSR count). The second-order valence-electron chi connectivity index (χ2n) is 11.4. The minimum atomic E-state index is -0.241. The SMILES string of the molecule is [2H]c1c([2H])c([2H])c2c(c1[2H])c1ccccc1n2-c1ccc2c(c1)c1ccccc1n2-c1ccc(-c2ccccc2)c2oc3ccccc3c12. The van der Waals surface area contributed by atoms with Crippen LogP contribution in [0, 0.1) is 0 Å². The number of benzene rings is 7. The van der Waals surface area contributed by atoms with Crippen molar-refractivity contribution in [2.75, 3.05) is 0 Å². The van der Waals surface area contributed by atoms with Crippen molar-refractivity contribution in [3.05, 3.63) is 158 Å². The lowest BCUT2D eigenvalue weighted by molar-refractivity contribution is 0.670. The maximum atomic E-state index is 8.94. The zero-order valence-corrected chi connectivity index (χ0v) is 24.0. The van der Waals surface area contributed by atoms with E-state index in [0.29, 0.717) is 10.9 Å². The van der Waals surface area contributed by atoms with Gasteiger partial charge in [-0.2, -0.15) is 0 Å². The van der Waals surface area contributed by atoms with Gasteiger partial charge in [0.15, 0.2) is 0 Å². The van der Waals surface area contributed by atoms with Crippen LogP contribution in [0.25, 0.3) is 88.1 Å². The molecule has 0 amide bonds. The summed E-state index contributed by atoms with van der Waals surface area (Å²) in [7, 11) is 0. The molecule has 3 aromatic heterocycles. The monoisotopic (exact) mass is 578 g/mol. The van der Waals surface area contributed by atoms with Gasteiger partial charge in [-0.3, -0.25) is 0 Å². The Bertz CT molecular complexity index is 2990. The fraction of sp³-hybridized carbons (Fsp3) is 0. The first-order chi connectivity index (χ1) is 24.0. The van der Waals surface area contributed by atoms with E-state index in [4.69, 9.17) is 9.90 Å². The summed E-state index contributed by atoms with van der Waals surface area (Å²) in [6, 6.07) is 44.8. The molecular weight excluding hydrogens is 548 g/mol. The Hall–Kier alpha value is -6.06. The predicted octanol–water partition coefficient (Wildman–Crippen LogP) is 11.4. The van der Waals surface area contributed by atoms with Crippen molar-refractivity contribution in [1.29, 1.82) is 0 Å². The van der Waals surface area contributed by atoms with Crippen molar-refractivity contribution in [2.24, 2.45) is 0 Å². The van der Waals surface area contributed by atoms with Crippen LogP contribution >= 0.6 is 0 Å². The molecule has 3 heteroatoms. The van der Waals surface area contributed by atoms with E-state index in [1.807, 2.05) is 65.2 Å². The molecular formula is C42H26N2O. The number of rotatable bonds is 3. The van der Waals surface area contributed by atoms with Gasteiger partial charge in [-0.1, -0.05) is 103 Å². The molecule has 0 spiro atoms. The molecule has 210 valence electrons. The van der Waals surface area contributed by atoms with Crippen molar-refractivity contribution < 1.29 is 9.90 Å². The van der Waals surface area contributed by atoms with Crippen molar-refractivity contribution in [2.45, 2.75) is 0 Å². The first-order valence-corrected chi connectivity index (χ1v) is 15.0. The number of fused-ring (bicyclic) bond motifs is 9. The van der Waals surface area contributed by atoms with Crippen LogP contribution in [0.1, 0.15) is 5.48 Å². The van der Waals surface area contributed by atoms with Gasteiger partial charge < -0.3 is 13.6 Å². The third kappa shape index (κ3) is 3.41. The van der Waals surface area contributed by atoms with Crippen LogP contribution in [0.15, 0.2) is 162 Å². The van der Waals surface area contributed by atoms with Gasteiger partial charge in [0.25, 0.3) is 0 Å². The number of hydrogen-bond acceptors (Lipinski definition) is 1. The Morgan fingerprint density at radius 2 is 1.16 bits per heavy atom. The second-order valence-corrected chi connectivity index (χ2v) is 11.4. The standard InChI is InChI=1S/C42H26N2O/c1-2-12-27(13-3-1)29-23-25-39(41-33-17-7-11-21-40(33)45-42(29)41)44-37-20-10-6-16-32(37)34-26-28(22-24-38(34)44)43-35-18-8-4-14-30(35)31-15-5-9-19-36(31)43/h1-26H/i4D,8D,14D,18D. The molecule has 0 fully saturated rings. The predicted molar refractivity (Wildman–Crippen MR) is 188 cm³/mol.